The van der Waals surface area contributed by atoms with Crippen LogP contribution in [0.4, 0.5) is 0 Å². The number of piperidine rings is 1. The highest BCUT2D eigenvalue weighted by Gasteiger charge is 2.56. The van der Waals surface area contributed by atoms with Crippen molar-refractivity contribution in [2.75, 3.05) is 41.1 Å². The Kier molecular flexibility index (Phi) is 17.9. The highest BCUT2D eigenvalue weighted by Crippen LogP contribution is 2.40. The minimum absolute atomic E-state index is 0.0248. The second-order valence-electron chi connectivity index (χ2n) is 19.4. The standard InChI is InChI=1S/C48H75NO13/c1-28-18-29(2)20-42(59-7)44-43(60-8)22-31(4)48(57,62-44)45(54)46(55)49-17-10-9-13-36(49)40(53)24-35(30(3)21-33-14-15-37(50)41(23-33)58-6)32(5)38(51)25-39(52)34(19-28)12-11-16-47(56)26-61-27-47/h11,16,19,21,29,31-38,41-44,50-51,56-57H,9-10,12-15,17-18,20,22-27H2,1-8H3/b16-11+,28-19+,30-21+/t29-,31+,32-,33-,34+,35+,36-,37+,38-,41+,42-,43-,44+,48+/m0/s1. The SMILES string of the molecule is CO[C@H]1C[C@@H](C)C/C(C)=C/[C@@H](C/C=C/C2(O)COC2)C(=O)C[C@H](O)[C@@H](C)[C@@H](/C(C)=C/[C@@H]2CC[C@@H](O)[C@H](OC)C2)CC(=O)[C@@H]2CCCCN2C(=O)C(=O)[C@]2(O)O[C@H]1[C@@H](OC)C[C@H]2C. The van der Waals surface area contributed by atoms with Crippen molar-refractivity contribution in [1.82, 2.24) is 4.90 Å². The van der Waals surface area contributed by atoms with Crippen molar-refractivity contribution >= 4 is 23.3 Å². The van der Waals surface area contributed by atoms with Gasteiger partial charge >= 0.3 is 0 Å². The molecular weight excluding hydrogens is 799 g/mol. The van der Waals surface area contributed by atoms with Crippen LogP contribution in [0.15, 0.2) is 35.5 Å². The number of carbonyl (C=O) groups excluding carboxylic acids is 4. The predicted molar refractivity (Wildman–Crippen MR) is 231 cm³/mol. The van der Waals surface area contributed by atoms with Crippen molar-refractivity contribution in [2.24, 2.45) is 35.5 Å². The van der Waals surface area contributed by atoms with Crippen LogP contribution >= 0.6 is 0 Å². The number of amides is 1. The number of ketones is 3. The van der Waals surface area contributed by atoms with Crippen LogP contribution in [-0.4, -0.2) is 144 Å². The molecule has 14 atom stereocenters. The fourth-order valence-corrected chi connectivity index (χ4v) is 10.6. The summed E-state index contributed by atoms with van der Waals surface area (Å²) < 4.78 is 28.9. The van der Waals surface area contributed by atoms with Gasteiger partial charge in [-0.1, -0.05) is 56.2 Å². The molecule has 4 N–H and O–H groups in total. The zero-order chi connectivity index (χ0) is 45.5. The lowest BCUT2D eigenvalue weighted by Gasteiger charge is -2.47. The number of rotatable bonds is 8. The van der Waals surface area contributed by atoms with Gasteiger partial charge in [0.05, 0.1) is 49.8 Å². The van der Waals surface area contributed by atoms with E-state index in [4.69, 9.17) is 23.7 Å². The Morgan fingerprint density at radius 1 is 0.855 bits per heavy atom. The number of methoxy groups -OCH3 is 3. The van der Waals surface area contributed by atoms with E-state index in [1.807, 2.05) is 33.8 Å². The van der Waals surface area contributed by atoms with Crippen LogP contribution in [-0.2, 0) is 42.9 Å². The van der Waals surface area contributed by atoms with E-state index < -0.39 is 83.3 Å². The van der Waals surface area contributed by atoms with E-state index in [9.17, 15) is 39.6 Å². The lowest BCUT2D eigenvalue weighted by molar-refractivity contribution is -0.302. The van der Waals surface area contributed by atoms with E-state index in [1.54, 1.807) is 26.2 Å². The Labute approximate surface area is 368 Å². The van der Waals surface area contributed by atoms with Gasteiger partial charge in [-0.2, -0.15) is 0 Å². The lowest BCUT2D eigenvalue weighted by Crippen LogP contribution is -2.64. The van der Waals surface area contributed by atoms with Gasteiger partial charge in [0.1, 0.15) is 17.5 Å². The van der Waals surface area contributed by atoms with Crippen molar-refractivity contribution < 1.29 is 63.3 Å². The molecule has 5 rings (SSSR count). The minimum Gasteiger partial charge on any atom is -0.392 e. The van der Waals surface area contributed by atoms with E-state index in [0.29, 0.717) is 57.8 Å². The first-order valence-electron chi connectivity index (χ1n) is 22.9. The van der Waals surface area contributed by atoms with E-state index in [2.05, 4.69) is 6.08 Å². The Hall–Kier alpha value is -2.66. The third-order valence-electron chi connectivity index (χ3n) is 14.5. The van der Waals surface area contributed by atoms with Crippen LogP contribution in [0, 0.1) is 35.5 Å². The average molecular weight is 874 g/mol. The molecule has 62 heavy (non-hydrogen) atoms. The quantitative estimate of drug-likeness (QED) is 0.198. The Morgan fingerprint density at radius 3 is 2.18 bits per heavy atom. The molecule has 14 heteroatoms. The first-order valence-corrected chi connectivity index (χ1v) is 22.9. The van der Waals surface area contributed by atoms with Gasteiger partial charge < -0.3 is 49.0 Å². The number of fused-ring (bicyclic) bond motifs is 3. The molecule has 0 spiro atoms. The largest absolute Gasteiger partial charge is 0.392 e. The summed E-state index contributed by atoms with van der Waals surface area (Å²) in [6, 6.07) is -0.948. The maximum Gasteiger partial charge on any atom is 0.296 e. The number of aliphatic hydroxyl groups is 4. The zero-order valence-electron chi connectivity index (χ0n) is 38.3. The number of carbonyl (C=O) groups is 4. The van der Waals surface area contributed by atoms with Crippen LogP contribution < -0.4 is 0 Å². The highest BCUT2D eigenvalue weighted by molar-refractivity contribution is 6.39. The molecule has 2 bridgehead atoms. The smallest absolute Gasteiger partial charge is 0.296 e. The van der Waals surface area contributed by atoms with Crippen LogP contribution in [0.2, 0.25) is 0 Å². The van der Waals surface area contributed by atoms with Crippen LogP contribution in [0.1, 0.15) is 112 Å². The predicted octanol–water partition coefficient (Wildman–Crippen LogP) is 4.43. The molecule has 0 radical (unpaired) electrons. The summed E-state index contributed by atoms with van der Waals surface area (Å²) in [6.07, 6.45) is 8.02. The van der Waals surface area contributed by atoms with E-state index in [1.165, 1.54) is 19.1 Å². The zero-order valence-corrected chi connectivity index (χ0v) is 38.3. The molecule has 4 heterocycles. The van der Waals surface area contributed by atoms with Crippen LogP contribution in [0.3, 0.4) is 0 Å². The highest BCUT2D eigenvalue weighted by atomic mass is 16.7. The molecule has 5 aliphatic rings. The van der Waals surface area contributed by atoms with Gasteiger partial charge in [0.25, 0.3) is 11.7 Å². The lowest BCUT2D eigenvalue weighted by atomic mass is 9.75. The molecule has 350 valence electrons. The van der Waals surface area contributed by atoms with Gasteiger partial charge in [0.15, 0.2) is 5.78 Å². The van der Waals surface area contributed by atoms with E-state index in [0.717, 1.165) is 11.1 Å². The number of ether oxygens (including phenoxy) is 5. The normalized spacial score (nSPS) is 40.9. The van der Waals surface area contributed by atoms with Crippen LogP contribution in [0.5, 0.6) is 0 Å². The Bertz CT molecular complexity index is 1660. The van der Waals surface area contributed by atoms with Crippen molar-refractivity contribution in [2.45, 2.75) is 166 Å². The maximum atomic E-state index is 14.6. The maximum absolute atomic E-state index is 14.6. The molecule has 0 unspecified atom stereocenters. The molecule has 3 saturated heterocycles. The van der Waals surface area contributed by atoms with Crippen molar-refractivity contribution in [3.05, 3.63) is 35.5 Å². The number of Topliss-reactive ketones (excluding diaryl/α,β-unsaturated/α-hetero) is 3. The number of hydrogen-bond donors (Lipinski definition) is 4. The second kappa shape index (κ2) is 22.0. The number of aliphatic hydroxyl groups excluding tert-OH is 2. The summed E-state index contributed by atoms with van der Waals surface area (Å²) in [6.45, 7) is 9.91. The van der Waals surface area contributed by atoms with Gasteiger partial charge in [-0.25, -0.2) is 0 Å². The molecule has 1 saturated carbocycles. The second-order valence-corrected chi connectivity index (χ2v) is 19.4. The number of allylic oxidation sites excluding steroid dienone is 5. The van der Waals surface area contributed by atoms with E-state index >= 15 is 0 Å². The van der Waals surface area contributed by atoms with Crippen molar-refractivity contribution in [3.8, 4) is 0 Å². The topological polar surface area (TPSA) is 199 Å². The van der Waals surface area contributed by atoms with Gasteiger partial charge in [0, 0.05) is 52.6 Å². The van der Waals surface area contributed by atoms with Gasteiger partial charge in [-0.15, -0.1) is 0 Å². The summed E-state index contributed by atoms with van der Waals surface area (Å²) in [5.41, 5.74) is 0.702. The molecule has 4 fully saturated rings. The fourth-order valence-electron chi connectivity index (χ4n) is 10.6. The van der Waals surface area contributed by atoms with Crippen LogP contribution in [0.25, 0.3) is 0 Å². The molecule has 4 aliphatic heterocycles. The summed E-state index contributed by atoms with van der Waals surface area (Å²) in [4.78, 5) is 58.9. The molecular formula is C48H75NO13. The molecule has 1 amide bonds. The average Bonchev–Trinajstić information content (AvgIpc) is 3.23. The first kappa shape index (κ1) is 50.3. The Balaban J connectivity index is 1.55. The number of nitrogens with zero attached hydrogens (tertiary/aromatic N) is 1. The first-order chi connectivity index (χ1) is 29.3. The monoisotopic (exact) mass is 874 g/mol. The summed E-state index contributed by atoms with van der Waals surface area (Å²) in [5.74, 6) is -7.58. The van der Waals surface area contributed by atoms with Gasteiger partial charge in [0.2, 0.25) is 5.79 Å². The molecule has 0 aromatic carbocycles. The molecule has 14 nitrogen and oxygen atoms in total. The van der Waals surface area contributed by atoms with Crippen molar-refractivity contribution in [3.63, 3.8) is 0 Å². The van der Waals surface area contributed by atoms with Crippen molar-refractivity contribution in [1.29, 1.82) is 0 Å². The minimum atomic E-state index is -2.50. The molecule has 1 aliphatic carbocycles. The third kappa shape index (κ3) is 12.0. The van der Waals surface area contributed by atoms with Gasteiger partial charge in [-0.3, -0.25) is 19.2 Å². The molecule has 0 aromatic heterocycles. The Morgan fingerprint density at radius 2 is 1.53 bits per heavy atom. The van der Waals surface area contributed by atoms with Gasteiger partial charge in [-0.05, 0) is 102 Å². The number of hydrogen-bond acceptors (Lipinski definition) is 13. The third-order valence-corrected chi connectivity index (χ3v) is 14.5. The summed E-state index contributed by atoms with van der Waals surface area (Å²) >= 11 is 0. The van der Waals surface area contributed by atoms with E-state index in [-0.39, 0.29) is 68.5 Å². The fraction of sp³-hybridized carbons (Fsp3) is 0.792. The summed E-state index contributed by atoms with van der Waals surface area (Å²) in [7, 11) is 4.64. The summed E-state index contributed by atoms with van der Waals surface area (Å²) in [5, 5.41) is 45.3. The molecule has 0 aromatic rings.